The molecule has 6 nitrogen and oxygen atoms in total. The summed E-state index contributed by atoms with van der Waals surface area (Å²) in [5.74, 6) is -0.939. The largest absolute Gasteiger partial charge is 0.476 e. The van der Waals surface area contributed by atoms with Gasteiger partial charge in [-0.2, -0.15) is 0 Å². The number of hydrogen-bond acceptors (Lipinski definition) is 4. The van der Waals surface area contributed by atoms with Gasteiger partial charge < -0.3 is 10.4 Å². The second-order valence-electron chi connectivity index (χ2n) is 3.75. The minimum atomic E-state index is -1.20. The molecule has 6 heteroatoms. The molecule has 1 fully saturated rings. The molecule has 1 aliphatic carbocycles. The van der Waals surface area contributed by atoms with Crippen LogP contribution in [0, 0.1) is 5.92 Å². The number of aromatic nitrogens is 2. The smallest absolute Gasteiger partial charge is 0.358 e. The highest BCUT2D eigenvalue weighted by atomic mass is 16.4. The van der Waals surface area contributed by atoms with Gasteiger partial charge in [-0.05, 0) is 18.8 Å². The summed E-state index contributed by atoms with van der Waals surface area (Å²) in [5.41, 5.74) is -0.230. The Hall–Kier alpha value is -1.98. The van der Waals surface area contributed by atoms with E-state index in [2.05, 4.69) is 15.3 Å². The third-order valence-electron chi connectivity index (χ3n) is 2.33. The van der Waals surface area contributed by atoms with Crippen LogP contribution in [0.1, 0.15) is 29.8 Å². The molecule has 2 N–H and O–H groups in total. The Morgan fingerprint density at radius 1 is 1.38 bits per heavy atom. The van der Waals surface area contributed by atoms with Crippen LogP contribution in [0.25, 0.3) is 0 Å². The molecule has 2 rings (SSSR count). The fourth-order valence-electron chi connectivity index (χ4n) is 1.35. The minimum absolute atomic E-state index is 0.0145. The van der Waals surface area contributed by atoms with E-state index in [1.165, 1.54) is 12.4 Å². The van der Waals surface area contributed by atoms with Gasteiger partial charge >= 0.3 is 5.97 Å². The number of carboxylic acids is 1. The zero-order valence-corrected chi connectivity index (χ0v) is 8.51. The zero-order valence-electron chi connectivity index (χ0n) is 8.51. The van der Waals surface area contributed by atoms with E-state index < -0.39 is 5.97 Å². The van der Waals surface area contributed by atoms with Crippen LogP contribution < -0.4 is 5.32 Å². The number of anilines is 1. The number of carbonyl (C=O) groups is 2. The topological polar surface area (TPSA) is 92.2 Å². The summed E-state index contributed by atoms with van der Waals surface area (Å²) in [7, 11) is 0. The Morgan fingerprint density at radius 3 is 2.69 bits per heavy atom. The van der Waals surface area contributed by atoms with Crippen LogP contribution in [0.4, 0.5) is 5.82 Å². The van der Waals surface area contributed by atoms with Crippen molar-refractivity contribution in [2.75, 3.05) is 5.32 Å². The summed E-state index contributed by atoms with van der Waals surface area (Å²) < 4.78 is 0. The summed E-state index contributed by atoms with van der Waals surface area (Å²) in [6, 6.07) is 0. The molecular formula is C10H11N3O3. The number of carboxylic acid groups (broad SMARTS) is 1. The highest BCUT2D eigenvalue weighted by molar-refractivity contribution is 5.97. The molecule has 84 valence electrons. The molecule has 16 heavy (non-hydrogen) atoms. The SMILES string of the molecule is O=C(CC1CC1)Nc1nccnc1C(=O)O. The average Bonchev–Trinajstić information content (AvgIpc) is 3.02. The number of nitrogens with one attached hydrogen (secondary N) is 1. The van der Waals surface area contributed by atoms with E-state index in [1.807, 2.05) is 0 Å². The number of rotatable bonds is 4. The first kappa shape index (κ1) is 10.5. The second-order valence-corrected chi connectivity index (χ2v) is 3.75. The predicted molar refractivity (Wildman–Crippen MR) is 55.0 cm³/mol. The monoisotopic (exact) mass is 221 g/mol. The zero-order chi connectivity index (χ0) is 11.5. The van der Waals surface area contributed by atoms with Crippen molar-refractivity contribution in [3.63, 3.8) is 0 Å². The van der Waals surface area contributed by atoms with Crippen LogP contribution in [0.5, 0.6) is 0 Å². The summed E-state index contributed by atoms with van der Waals surface area (Å²) in [5, 5.41) is 11.3. The molecule has 0 saturated heterocycles. The molecule has 0 aromatic carbocycles. The van der Waals surface area contributed by atoms with Gasteiger partial charge in [0.2, 0.25) is 5.91 Å². The lowest BCUT2D eigenvalue weighted by Gasteiger charge is -2.05. The van der Waals surface area contributed by atoms with Gasteiger partial charge in [-0.25, -0.2) is 14.8 Å². The fraction of sp³-hybridized carbons (Fsp3) is 0.400. The van der Waals surface area contributed by atoms with Gasteiger partial charge in [0.25, 0.3) is 0 Å². The van der Waals surface area contributed by atoms with E-state index in [1.54, 1.807) is 0 Å². The van der Waals surface area contributed by atoms with Crippen molar-refractivity contribution in [2.45, 2.75) is 19.3 Å². The van der Waals surface area contributed by atoms with E-state index >= 15 is 0 Å². The van der Waals surface area contributed by atoms with Crippen molar-refractivity contribution >= 4 is 17.7 Å². The van der Waals surface area contributed by atoms with Crippen molar-refractivity contribution in [3.05, 3.63) is 18.1 Å². The van der Waals surface area contributed by atoms with Crippen LogP contribution in [-0.2, 0) is 4.79 Å². The first-order valence-electron chi connectivity index (χ1n) is 5.01. The van der Waals surface area contributed by atoms with Gasteiger partial charge in [0.1, 0.15) is 0 Å². The molecule has 1 aromatic heterocycles. The molecule has 1 amide bonds. The maximum absolute atomic E-state index is 11.5. The van der Waals surface area contributed by atoms with Crippen molar-refractivity contribution in [2.24, 2.45) is 5.92 Å². The Bertz CT molecular complexity index is 429. The van der Waals surface area contributed by atoms with Gasteiger partial charge in [0.15, 0.2) is 11.5 Å². The molecule has 0 unspecified atom stereocenters. The Balaban J connectivity index is 2.07. The Labute approximate surface area is 91.7 Å². The fourth-order valence-corrected chi connectivity index (χ4v) is 1.35. The van der Waals surface area contributed by atoms with Crippen molar-refractivity contribution in [1.82, 2.24) is 9.97 Å². The first-order valence-corrected chi connectivity index (χ1v) is 5.01. The van der Waals surface area contributed by atoms with Crippen LogP contribution in [0.2, 0.25) is 0 Å². The minimum Gasteiger partial charge on any atom is -0.476 e. The lowest BCUT2D eigenvalue weighted by atomic mass is 10.3. The van der Waals surface area contributed by atoms with Crippen molar-refractivity contribution in [1.29, 1.82) is 0 Å². The maximum Gasteiger partial charge on any atom is 0.358 e. The van der Waals surface area contributed by atoms with Crippen LogP contribution in [-0.4, -0.2) is 27.0 Å². The Morgan fingerprint density at radius 2 is 2.06 bits per heavy atom. The molecule has 1 heterocycles. The van der Waals surface area contributed by atoms with Gasteiger partial charge in [-0.3, -0.25) is 4.79 Å². The molecule has 1 aliphatic rings. The van der Waals surface area contributed by atoms with Crippen LogP contribution >= 0.6 is 0 Å². The normalized spacial score (nSPS) is 14.5. The summed E-state index contributed by atoms with van der Waals surface area (Å²) in [6.45, 7) is 0. The maximum atomic E-state index is 11.5. The molecule has 1 aromatic rings. The molecule has 0 bridgehead atoms. The highest BCUT2D eigenvalue weighted by Gasteiger charge is 2.25. The average molecular weight is 221 g/mol. The summed E-state index contributed by atoms with van der Waals surface area (Å²) in [6.07, 6.45) is 5.19. The van der Waals surface area contributed by atoms with Gasteiger partial charge in [0, 0.05) is 18.8 Å². The van der Waals surface area contributed by atoms with E-state index in [-0.39, 0.29) is 17.4 Å². The number of nitrogens with zero attached hydrogens (tertiary/aromatic N) is 2. The van der Waals surface area contributed by atoms with E-state index in [9.17, 15) is 9.59 Å². The van der Waals surface area contributed by atoms with Crippen LogP contribution in [0.3, 0.4) is 0 Å². The van der Waals surface area contributed by atoms with E-state index in [0.717, 1.165) is 12.8 Å². The lowest BCUT2D eigenvalue weighted by Crippen LogP contribution is -2.17. The first-order chi connectivity index (χ1) is 7.66. The highest BCUT2D eigenvalue weighted by Crippen LogP contribution is 2.32. The summed E-state index contributed by atoms with van der Waals surface area (Å²) in [4.78, 5) is 29.7. The third-order valence-corrected chi connectivity index (χ3v) is 2.33. The van der Waals surface area contributed by atoms with Crippen molar-refractivity contribution in [3.8, 4) is 0 Å². The molecule has 0 radical (unpaired) electrons. The van der Waals surface area contributed by atoms with E-state index in [4.69, 9.17) is 5.11 Å². The number of aromatic carboxylic acids is 1. The van der Waals surface area contributed by atoms with Crippen molar-refractivity contribution < 1.29 is 14.7 Å². The lowest BCUT2D eigenvalue weighted by molar-refractivity contribution is -0.116. The van der Waals surface area contributed by atoms with Gasteiger partial charge in [-0.1, -0.05) is 0 Å². The number of amides is 1. The molecule has 0 spiro atoms. The van der Waals surface area contributed by atoms with Gasteiger partial charge in [-0.15, -0.1) is 0 Å². The van der Waals surface area contributed by atoms with Crippen LogP contribution in [0.15, 0.2) is 12.4 Å². The van der Waals surface area contributed by atoms with E-state index in [0.29, 0.717) is 12.3 Å². The standard InChI is InChI=1S/C10H11N3O3/c14-7(5-6-1-2-6)13-9-8(10(15)16)11-3-4-12-9/h3-4,6H,1-2,5H2,(H,15,16)(H,12,13,14). The molecular weight excluding hydrogens is 210 g/mol. The second kappa shape index (κ2) is 4.26. The number of hydrogen-bond donors (Lipinski definition) is 2. The quantitative estimate of drug-likeness (QED) is 0.788. The third kappa shape index (κ3) is 2.53. The summed E-state index contributed by atoms with van der Waals surface area (Å²) >= 11 is 0. The molecule has 1 saturated carbocycles. The Kier molecular flexibility index (Phi) is 2.80. The molecule has 0 atom stereocenters. The predicted octanol–water partition coefficient (Wildman–Crippen LogP) is 0.913. The van der Waals surface area contributed by atoms with Gasteiger partial charge in [0.05, 0.1) is 0 Å². The molecule has 0 aliphatic heterocycles. The number of carbonyl (C=O) groups excluding carboxylic acids is 1.